The van der Waals surface area contributed by atoms with Crippen LogP contribution < -0.4 is 0 Å². The molecule has 1 aromatic rings. The first-order valence-electron chi connectivity index (χ1n) is 5.96. The fourth-order valence-corrected chi connectivity index (χ4v) is 7.32. The Balaban J connectivity index is 1.86. The molecule has 0 aromatic heterocycles. The maximum Gasteiger partial charge on any atom is 0.106 e. The second-order valence-corrected chi connectivity index (χ2v) is 7.95. The van der Waals surface area contributed by atoms with E-state index >= 15 is 0 Å². The molecule has 0 bridgehead atoms. The van der Waals surface area contributed by atoms with E-state index in [0.29, 0.717) is 10.5 Å². The Labute approximate surface area is 103 Å². The van der Waals surface area contributed by atoms with Gasteiger partial charge >= 0.3 is 0 Å². The highest BCUT2D eigenvalue weighted by atomic mass is 32.2. The van der Waals surface area contributed by atoms with Crippen molar-refractivity contribution in [3.05, 3.63) is 35.9 Å². The Hall–Kier alpha value is -0.280. The normalized spacial score (nSPS) is 38.2. The maximum atomic E-state index is 12.4. The van der Waals surface area contributed by atoms with Crippen molar-refractivity contribution < 1.29 is 4.21 Å². The molecule has 3 rings (SSSR count). The van der Waals surface area contributed by atoms with Crippen molar-refractivity contribution >= 4 is 22.6 Å². The number of hydrogen-bond donors (Lipinski definition) is 0. The van der Waals surface area contributed by atoms with E-state index in [9.17, 15) is 4.21 Å². The first kappa shape index (κ1) is 10.8. The van der Waals surface area contributed by atoms with Gasteiger partial charge in [0.05, 0.1) is 0 Å². The zero-order chi connectivity index (χ0) is 11.0. The Kier molecular flexibility index (Phi) is 3.07. The summed E-state index contributed by atoms with van der Waals surface area (Å²) in [5.41, 5.74) is 1.25. The second-order valence-electron chi connectivity index (χ2n) is 4.57. The van der Waals surface area contributed by atoms with Gasteiger partial charge in [0.1, 0.15) is 4.58 Å². The zero-order valence-corrected chi connectivity index (χ0v) is 10.8. The summed E-state index contributed by atoms with van der Waals surface area (Å²) in [6.07, 6.45) is 5.04. The molecule has 1 aliphatic heterocycles. The van der Waals surface area contributed by atoms with Crippen LogP contribution in [0.4, 0.5) is 0 Å². The number of benzene rings is 1. The molecule has 1 aromatic carbocycles. The molecule has 0 radical (unpaired) electrons. The van der Waals surface area contributed by atoms with Crippen molar-refractivity contribution in [2.75, 3.05) is 0 Å². The SMILES string of the molecule is O=S1C(c2ccccc2)SC2CCCCC21. The molecule has 4 unspecified atom stereocenters. The average Bonchev–Trinajstić information content (AvgIpc) is 2.69. The van der Waals surface area contributed by atoms with E-state index in [4.69, 9.17) is 0 Å². The standard InChI is InChI=1S/C13H16OS2/c14-16-12-9-5-4-8-11(12)15-13(16)10-6-2-1-3-7-10/h1-3,6-7,11-13H,4-5,8-9H2. The number of fused-ring (bicyclic) bond motifs is 1. The lowest BCUT2D eigenvalue weighted by Gasteiger charge is -2.21. The van der Waals surface area contributed by atoms with Crippen LogP contribution in [0.25, 0.3) is 0 Å². The average molecular weight is 252 g/mol. The minimum Gasteiger partial charge on any atom is -0.258 e. The molecule has 86 valence electrons. The lowest BCUT2D eigenvalue weighted by atomic mass is 10.00. The van der Waals surface area contributed by atoms with Crippen LogP contribution in [0.15, 0.2) is 30.3 Å². The van der Waals surface area contributed by atoms with Gasteiger partial charge in [-0.3, -0.25) is 4.21 Å². The third-order valence-electron chi connectivity index (χ3n) is 3.52. The lowest BCUT2D eigenvalue weighted by Crippen LogP contribution is -2.25. The van der Waals surface area contributed by atoms with Gasteiger partial charge in [0.2, 0.25) is 0 Å². The highest BCUT2D eigenvalue weighted by Crippen LogP contribution is 2.50. The summed E-state index contributed by atoms with van der Waals surface area (Å²) in [5.74, 6) is 0. The van der Waals surface area contributed by atoms with Crippen LogP contribution in [0.1, 0.15) is 35.8 Å². The molecule has 1 nitrogen and oxygen atoms in total. The van der Waals surface area contributed by atoms with Crippen LogP contribution in [-0.4, -0.2) is 14.7 Å². The first-order valence-corrected chi connectivity index (χ1v) is 8.18. The van der Waals surface area contributed by atoms with Crippen molar-refractivity contribution in [1.82, 2.24) is 0 Å². The lowest BCUT2D eigenvalue weighted by molar-refractivity contribution is 0.521. The van der Waals surface area contributed by atoms with Crippen LogP contribution in [0.3, 0.4) is 0 Å². The highest BCUT2D eigenvalue weighted by Gasteiger charge is 2.43. The summed E-state index contributed by atoms with van der Waals surface area (Å²) in [4.78, 5) is 0. The van der Waals surface area contributed by atoms with Gasteiger partial charge in [0.15, 0.2) is 0 Å². The molecule has 0 N–H and O–H groups in total. The van der Waals surface area contributed by atoms with Gasteiger partial charge in [-0.05, 0) is 18.4 Å². The summed E-state index contributed by atoms with van der Waals surface area (Å²) < 4.78 is 12.7. The van der Waals surface area contributed by atoms with Crippen LogP contribution >= 0.6 is 11.8 Å². The summed E-state index contributed by atoms with van der Waals surface area (Å²) in [6.45, 7) is 0. The molecular weight excluding hydrogens is 236 g/mol. The smallest absolute Gasteiger partial charge is 0.106 e. The fourth-order valence-electron chi connectivity index (χ4n) is 2.68. The van der Waals surface area contributed by atoms with Gasteiger partial charge in [-0.1, -0.05) is 43.2 Å². The minimum absolute atomic E-state index is 0.231. The Bertz CT molecular complexity index is 390. The van der Waals surface area contributed by atoms with E-state index in [1.54, 1.807) is 0 Å². The molecule has 4 atom stereocenters. The number of rotatable bonds is 1. The summed E-state index contributed by atoms with van der Waals surface area (Å²) >= 11 is 1.96. The second kappa shape index (κ2) is 4.53. The molecule has 2 fully saturated rings. The highest BCUT2D eigenvalue weighted by molar-refractivity contribution is 8.14. The number of thioether (sulfide) groups is 1. The van der Waals surface area contributed by atoms with Crippen molar-refractivity contribution in [2.24, 2.45) is 0 Å². The molecule has 16 heavy (non-hydrogen) atoms. The molecule has 1 heterocycles. The minimum atomic E-state index is -0.665. The number of hydrogen-bond acceptors (Lipinski definition) is 2. The summed E-state index contributed by atoms with van der Waals surface area (Å²) in [7, 11) is -0.665. The van der Waals surface area contributed by atoms with Gasteiger partial charge in [-0.15, -0.1) is 11.8 Å². The summed E-state index contributed by atoms with van der Waals surface area (Å²) in [5, 5.41) is 1.11. The Morgan fingerprint density at radius 1 is 1.12 bits per heavy atom. The van der Waals surface area contributed by atoms with Crippen LogP contribution in [0.2, 0.25) is 0 Å². The van der Waals surface area contributed by atoms with Crippen LogP contribution in [-0.2, 0) is 10.8 Å². The topological polar surface area (TPSA) is 17.1 Å². The van der Waals surface area contributed by atoms with Gasteiger partial charge in [0.25, 0.3) is 0 Å². The van der Waals surface area contributed by atoms with Crippen molar-refractivity contribution in [3.8, 4) is 0 Å². The van der Waals surface area contributed by atoms with Gasteiger partial charge in [-0.2, -0.15) is 0 Å². The molecule has 3 heteroatoms. The molecular formula is C13H16OS2. The van der Waals surface area contributed by atoms with E-state index in [-0.39, 0.29) is 4.58 Å². The zero-order valence-electron chi connectivity index (χ0n) is 9.17. The molecule has 1 saturated heterocycles. The predicted octanol–water partition coefficient (Wildman–Crippen LogP) is 3.49. The monoisotopic (exact) mass is 252 g/mol. The van der Waals surface area contributed by atoms with Crippen molar-refractivity contribution in [3.63, 3.8) is 0 Å². The largest absolute Gasteiger partial charge is 0.258 e. The van der Waals surface area contributed by atoms with E-state index in [2.05, 4.69) is 24.3 Å². The quantitative estimate of drug-likeness (QED) is 0.761. The molecule has 0 spiro atoms. The molecule has 1 aliphatic carbocycles. The van der Waals surface area contributed by atoms with E-state index in [0.717, 1.165) is 0 Å². The summed E-state index contributed by atoms with van der Waals surface area (Å²) in [6, 6.07) is 10.4. The maximum absolute atomic E-state index is 12.4. The van der Waals surface area contributed by atoms with E-state index < -0.39 is 10.8 Å². The van der Waals surface area contributed by atoms with Gasteiger partial charge in [-0.25, -0.2) is 0 Å². The molecule has 1 saturated carbocycles. The predicted molar refractivity (Wildman–Crippen MR) is 71.0 cm³/mol. The van der Waals surface area contributed by atoms with Crippen molar-refractivity contribution in [2.45, 2.75) is 40.8 Å². The fraction of sp³-hybridized carbons (Fsp3) is 0.538. The Morgan fingerprint density at radius 3 is 2.62 bits per heavy atom. The van der Waals surface area contributed by atoms with E-state index in [1.165, 1.54) is 31.2 Å². The third kappa shape index (κ3) is 1.84. The van der Waals surface area contributed by atoms with Gasteiger partial charge in [0, 0.05) is 21.3 Å². The third-order valence-corrected chi connectivity index (χ3v) is 7.88. The Morgan fingerprint density at radius 2 is 1.88 bits per heavy atom. The van der Waals surface area contributed by atoms with E-state index in [1.807, 2.05) is 17.8 Å². The van der Waals surface area contributed by atoms with Crippen LogP contribution in [0.5, 0.6) is 0 Å². The van der Waals surface area contributed by atoms with Crippen LogP contribution in [0, 0.1) is 0 Å². The van der Waals surface area contributed by atoms with Crippen molar-refractivity contribution in [1.29, 1.82) is 0 Å². The molecule has 0 amide bonds. The first-order chi connectivity index (χ1) is 7.86. The molecule has 2 aliphatic rings. The van der Waals surface area contributed by atoms with Gasteiger partial charge < -0.3 is 0 Å².